The molecule has 1 aromatic carbocycles. The van der Waals surface area contributed by atoms with Gasteiger partial charge in [0.25, 0.3) is 12.3 Å². The maximum absolute atomic E-state index is 15.3. The second-order valence-electron chi connectivity index (χ2n) is 14.4. The van der Waals surface area contributed by atoms with Crippen molar-refractivity contribution in [2.45, 2.75) is 64.5 Å². The van der Waals surface area contributed by atoms with Crippen molar-refractivity contribution in [3.8, 4) is 28.8 Å². The minimum absolute atomic E-state index is 0.0532. The molecule has 2 atom stereocenters. The van der Waals surface area contributed by atoms with Gasteiger partial charge in [0.15, 0.2) is 5.65 Å². The fraction of sp³-hybridized carbons (Fsp3) is 0.342. The van der Waals surface area contributed by atoms with Crippen molar-refractivity contribution in [3.05, 3.63) is 101 Å². The second kappa shape index (κ2) is 15.2. The zero-order valence-electron chi connectivity index (χ0n) is 31.2. The maximum Gasteiger partial charge on any atom is 0.290 e. The standard InChI is InChI=1S/C38H36F6N8O4S/c1-7-21-18-38(43,44)33-30(21)32(34(41)42)49-51(33)19-28(53)46-27(16-20-14-22(39)17-23(40)15-20)31-25(9-8-24(45-31)12-13-37(2,3)4)26-10-11-29(56-5)52-35(26)47-48-36(52)50-57(6,54)55/h7-11,14-15,17,21,27,34H,1,16,18-19H2,2-6H3,(H,46,53)(H,48,50). The molecule has 1 aliphatic rings. The summed E-state index contributed by atoms with van der Waals surface area (Å²) < 4.78 is 122. The molecular weight excluding hydrogens is 779 g/mol. The summed E-state index contributed by atoms with van der Waals surface area (Å²) in [5.74, 6) is -1.65. The molecule has 4 heterocycles. The number of aromatic nitrogens is 6. The highest BCUT2D eigenvalue weighted by Crippen LogP contribution is 2.51. The molecule has 0 spiro atoms. The van der Waals surface area contributed by atoms with Crippen LogP contribution in [0.4, 0.5) is 32.3 Å². The van der Waals surface area contributed by atoms with Crippen LogP contribution in [0.15, 0.2) is 55.1 Å². The third-order valence-electron chi connectivity index (χ3n) is 8.81. The van der Waals surface area contributed by atoms with E-state index in [9.17, 15) is 30.8 Å². The van der Waals surface area contributed by atoms with Gasteiger partial charge in [-0.2, -0.15) is 13.9 Å². The van der Waals surface area contributed by atoms with E-state index in [-0.39, 0.29) is 52.0 Å². The highest BCUT2D eigenvalue weighted by atomic mass is 32.2. The number of anilines is 1. The Bertz CT molecular complexity index is 2550. The summed E-state index contributed by atoms with van der Waals surface area (Å²) in [5.41, 5.74) is -1.72. The first-order chi connectivity index (χ1) is 26.7. The summed E-state index contributed by atoms with van der Waals surface area (Å²) in [7, 11) is -2.51. The molecule has 0 saturated heterocycles. The van der Waals surface area contributed by atoms with Gasteiger partial charge in [0.1, 0.15) is 35.3 Å². The van der Waals surface area contributed by atoms with E-state index in [4.69, 9.17) is 9.72 Å². The van der Waals surface area contributed by atoms with Gasteiger partial charge < -0.3 is 10.1 Å². The molecule has 57 heavy (non-hydrogen) atoms. The van der Waals surface area contributed by atoms with Crippen LogP contribution in [-0.2, 0) is 33.7 Å². The van der Waals surface area contributed by atoms with E-state index in [0.717, 1.165) is 24.5 Å². The molecule has 0 aliphatic heterocycles. The molecule has 300 valence electrons. The lowest BCUT2D eigenvalue weighted by Crippen LogP contribution is -2.35. The molecule has 2 N–H and O–H groups in total. The van der Waals surface area contributed by atoms with Crippen molar-refractivity contribution in [1.29, 1.82) is 0 Å². The predicted octanol–water partition coefficient (Wildman–Crippen LogP) is 6.85. The number of allylic oxidation sites excluding steroid dienone is 1. The van der Waals surface area contributed by atoms with Crippen LogP contribution >= 0.6 is 0 Å². The van der Waals surface area contributed by atoms with Crippen molar-refractivity contribution in [2.24, 2.45) is 5.41 Å². The summed E-state index contributed by atoms with van der Waals surface area (Å²) in [4.78, 5) is 18.7. The molecule has 0 fully saturated rings. The largest absolute Gasteiger partial charge is 0.482 e. The number of ether oxygens (including phenoxy) is 1. The summed E-state index contributed by atoms with van der Waals surface area (Å²) in [5, 5.41) is 14.6. The molecule has 2 unspecified atom stereocenters. The van der Waals surface area contributed by atoms with E-state index < -0.39 is 87.2 Å². The number of hydrogen-bond donors (Lipinski definition) is 2. The van der Waals surface area contributed by atoms with Crippen LogP contribution in [0, 0.1) is 28.9 Å². The van der Waals surface area contributed by atoms with Gasteiger partial charge in [0.05, 0.1) is 25.1 Å². The number of fused-ring (bicyclic) bond motifs is 2. The van der Waals surface area contributed by atoms with Crippen LogP contribution in [0.25, 0.3) is 16.8 Å². The van der Waals surface area contributed by atoms with Gasteiger partial charge in [-0.1, -0.05) is 12.0 Å². The lowest BCUT2D eigenvalue weighted by Gasteiger charge is -2.23. The Balaban J connectivity index is 1.53. The first-order valence-corrected chi connectivity index (χ1v) is 19.2. The van der Waals surface area contributed by atoms with Crippen molar-refractivity contribution in [1.82, 2.24) is 34.7 Å². The van der Waals surface area contributed by atoms with E-state index in [1.165, 1.54) is 17.6 Å². The van der Waals surface area contributed by atoms with Gasteiger partial charge in [-0.15, -0.1) is 16.8 Å². The number of alkyl halides is 4. The Morgan fingerprint density at radius 3 is 2.39 bits per heavy atom. The number of nitrogens with one attached hydrogen (secondary N) is 2. The van der Waals surface area contributed by atoms with Crippen LogP contribution in [0.1, 0.15) is 79.5 Å². The third-order valence-corrected chi connectivity index (χ3v) is 9.36. The van der Waals surface area contributed by atoms with Gasteiger partial charge in [0.2, 0.25) is 27.8 Å². The Hall–Kier alpha value is -5.90. The zero-order valence-corrected chi connectivity index (χ0v) is 32.0. The highest BCUT2D eigenvalue weighted by Gasteiger charge is 2.50. The number of pyridine rings is 2. The molecule has 12 nitrogen and oxygen atoms in total. The smallest absolute Gasteiger partial charge is 0.290 e. The number of methoxy groups -OCH3 is 1. The number of carbonyl (C=O) groups excluding carboxylic acids is 1. The number of hydrogen-bond acceptors (Lipinski definition) is 8. The van der Waals surface area contributed by atoms with Crippen LogP contribution < -0.4 is 14.8 Å². The monoisotopic (exact) mass is 814 g/mol. The first kappa shape index (κ1) is 40.8. The van der Waals surface area contributed by atoms with Crippen molar-refractivity contribution in [2.75, 3.05) is 18.1 Å². The summed E-state index contributed by atoms with van der Waals surface area (Å²) in [6.07, 6.45) is -2.36. The zero-order chi connectivity index (χ0) is 41.6. The normalized spacial score (nSPS) is 15.5. The Kier molecular flexibility index (Phi) is 10.9. The van der Waals surface area contributed by atoms with Crippen molar-refractivity contribution in [3.63, 3.8) is 0 Å². The number of benzene rings is 1. The highest BCUT2D eigenvalue weighted by molar-refractivity contribution is 7.92. The van der Waals surface area contributed by atoms with Gasteiger partial charge in [-0.25, -0.2) is 35.4 Å². The maximum atomic E-state index is 15.3. The molecule has 1 aliphatic carbocycles. The number of sulfonamides is 1. The van der Waals surface area contributed by atoms with Crippen LogP contribution in [0.2, 0.25) is 0 Å². The molecule has 5 aromatic rings. The molecule has 0 bridgehead atoms. The minimum atomic E-state index is -3.85. The van der Waals surface area contributed by atoms with Crippen LogP contribution in [0.3, 0.4) is 0 Å². The van der Waals surface area contributed by atoms with Crippen LogP contribution in [0.5, 0.6) is 5.88 Å². The Labute approximate surface area is 323 Å². The molecule has 1 amide bonds. The second-order valence-corrected chi connectivity index (χ2v) is 16.2. The third kappa shape index (κ3) is 8.75. The minimum Gasteiger partial charge on any atom is -0.482 e. The number of amides is 1. The number of halogens is 6. The van der Waals surface area contributed by atoms with E-state index >= 15 is 8.78 Å². The summed E-state index contributed by atoms with van der Waals surface area (Å²) in [6, 6.07) is 7.62. The molecule has 0 radical (unpaired) electrons. The van der Waals surface area contributed by atoms with E-state index in [1.54, 1.807) is 18.2 Å². The molecule has 6 rings (SSSR count). The summed E-state index contributed by atoms with van der Waals surface area (Å²) in [6.45, 7) is 8.15. The number of nitrogens with zero attached hydrogens (tertiary/aromatic N) is 6. The molecule has 4 aromatic heterocycles. The fourth-order valence-electron chi connectivity index (χ4n) is 6.62. The number of rotatable bonds is 12. The molecule has 19 heteroatoms. The topological polar surface area (TPSA) is 145 Å². The average molecular weight is 815 g/mol. The van der Waals surface area contributed by atoms with Crippen molar-refractivity contribution < 1.29 is 44.3 Å². The summed E-state index contributed by atoms with van der Waals surface area (Å²) >= 11 is 0. The number of carbonyl (C=O) groups is 1. The van der Waals surface area contributed by atoms with E-state index in [1.807, 2.05) is 20.8 Å². The average Bonchev–Trinajstić information content (AvgIpc) is 3.77. The van der Waals surface area contributed by atoms with Gasteiger partial charge in [0, 0.05) is 40.5 Å². The van der Waals surface area contributed by atoms with E-state index in [0.29, 0.717) is 10.7 Å². The lowest BCUT2D eigenvalue weighted by molar-refractivity contribution is -0.122. The SMILES string of the molecule is C=CC1CC(F)(F)c2c1c(C(F)F)nn2CC(=O)NC(Cc1cc(F)cc(F)c1)c1nc(C#CC(C)(C)C)ccc1-c1ccc(OC)n2c(NS(C)(=O)=O)nnc12. The Morgan fingerprint density at radius 2 is 1.77 bits per heavy atom. The molecule has 0 saturated carbocycles. The fourth-order valence-corrected chi connectivity index (χ4v) is 7.08. The van der Waals surface area contributed by atoms with E-state index in [2.05, 4.69) is 43.8 Å². The lowest BCUT2D eigenvalue weighted by atomic mass is 9.94. The Morgan fingerprint density at radius 1 is 1.09 bits per heavy atom. The quantitative estimate of drug-likeness (QED) is 0.0791. The predicted molar refractivity (Wildman–Crippen MR) is 197 cm³/mol. The van der Waals surface area contributed by atoms with Gasteiger partial charge in [-0.3, -0.25) is 14.2 Å². The first-order valence-electron chi connectivity index (χ1n) is 17.3. The van der Waals surface area contributed by atoms with Crippen molar-refractivity contribution >= 4 is 27.5 Å². The molecular formula is C38H36F6N8O4S. The van der Waals surface area contributed by atoms with Crippen LogP contribution in [-0.4, -0.2) is 57.1 Å². The van der Waals surface area contributed by atoms with Gasteiger partial charge >= 0.3 is 0 Å². The van der Waals surface area contributed by atoms with Gasteiger partial charge in [-0.05, 0) is 75.1 Å².